The zero-order valence-electron chi connectivity index (χ0n) is 10.4. The van der Waals surface area contributed by atoms with Crippen molar-refractivity contribution >= 4 is 11.6 Å². The van der Waals surface area contributed by atoms with Gasteiger partial charge in [-0.1, -0.05) is 31.5 Å². The summed E-state index contributed by atoms with van der Waals surface area (Å²) in [7, 11) is 1.64. The summed E-state index contributed by atoms with van der Waals surface area (Å²) in [5.41, 5.74) is 1.25. The maximum atomic E-state index is 6.00. The van der Waals surface area contributed by atoms with E-state index in [1.54, 1.807) is 7.11 Å². The fraction of sp³-hybridized carbons (Fsp3) is 0.538. The van der Waals surface area contributed by atoms with Gasteiger partial charge in [0.05, 0.1) is 12.1 Å². The lowest BCUT2D eigenvalue weighted by molar-refractivity contribution is 0.413. The van der Waals surface area contributed by atoms with E-state index in [-0.39, 0.29) is 0 Å². The van der Waals surface area contributed by atoms with Crippen molar-refractivity contribution in [2.45, 2.75) is 32.7 Å². The Hall–Kier alpha value is -0.730. The number of rotatable bonds is 5. The molecule has 1 rings (SSSR count). The van der Waals surface area contributed by atoms with Gasteiger partial charge in [0.1, 0.15) is 5.75 Å². The minimum absolute atomic E-state index is 0.436. The molecule has 1 N–H and O–H groups in total. The third kappa shape index (κ3) is 3.13. The zero-order valence-corrected chi connectivity index (χ0v) is 11.1. The van der Waals surface area contributed by atoms with Gasteiger partial charge in [-0.3, -0.25) is 0 Å². The maximum Gasteiger partial charge on any atom is 0.137 e. The van der Waals surface area contributed by atoms with Crippen molar-refractivity contribution in [1.29, 1.82) is 0 Å². The summed E-state index contributed by atoms with van der Waals surface area (Å²) in [6.45, 7) is 7.49. The van der Waals surface area contributed by atoms with Crippen LogP contribution in [-0.2, 0) is 0 Å². The number of hydrogen-bond donors (Lipinski definition) is 1. The fourth-order valence-corrected chi connectivity index (χ4v) is 1.94. The summed E-state index contributed by atoms with van der Waals surface area (Å²) in [4.78, 5) is 0. The van der Waals surface area contributed by atoms with E-state index in [1.165, 1.54) is 5.56 Å². The van der Waals surface area contributed by atoms with E-state index < -0.39 is 0 Å². The van der Waals surface area contributed by atoms with Gasteiger partial charge in [0.15, 0.2) is 0 Å². The normalized spacial score (nSPS) is 14.6. The van der Waals surface area contributed by atoms with Crippen molar-refractivity contribution in [1.82, 2.24) is 5.32 Å². The average molecular weight is 242 g/mol. The van der Waals surface area contributed by atoms with E-state index in [9.17, 15) is 0 Å². The first kappa shape index (κ1) is 13.3. The van der Waals surface area contributed by atoms with E-state index in [0.717, 1.165) is 12.3 Å². The van der Waals surface area contributed by atoms with Gasteiger partial charge < -0.3 is 10.1 Å². The first-order chi connectivity index (χ1) is 7.60. The van der Waals surface area contributed by atoms with Crippen molar-refractivity contribution in [3.63, 3.8) is 0 Å². The zero-order chi connectivity index (χ0) is 12.1. The Morgan fingerprint density at radius 2 is 2.06 bits per heavy atom. The molecule has 90 valence electrons. The van der Waals surface area contributed by atoms with Gasteiger partial charge in [-0.2, -0.15) is 0 Å². The molecule has 0 saturated heterocycles. The number of methoxy groups -OCH3 is 1. The van der Waals surface area contributed by atoms with Gasteiger partial charge in [-0.25, -0.2) is 0 Å². The summed E-state index contributed by atoms with van der Waals surface area (Å²) >= 11 is 6.00. The maximum absolute atomic E-state index is 6.00. The van der Waals surface area contributed by atoms with Crippen LogP contribution in [0.4, 0.5) is 0 Å². The predicted molar refractivity (Wildman–Crippen MR) is 69.6 cm³/mol. The van der Waals surface area contributed by atoms with Crippen LogP contribution < -0.4 is 10.1 Å². The van der Waals surface area contributed by atoms with Crippen LogP contribution in [0.3, 0.4) is 0 Å². The molecule has 0 fully saturated rings. The first-order valence-corrected chi connectivity index (χ1v) is 6.04. The molecule has 2 nitrogen and oxygen atoms in total. The Morgan fingerprint density at radius 1 is 1.38 bits per heavy atom. The Bertz CT molecular complexity index is 341. The second-order valence-corrected chi connectivity index (χ2v) is 4.44. The molecule has 0 saturated carbocycles. The topological polar surface area (TPSA) is 21.3 Å². The molecule has 0 aliphatic carbocycles. The smallest absolute Gasteiger partial charge is 0.137 e. The molecular formula is C13H20ClNO. The summed E-state index contributed by atoms with van der Waals surface area (Å²) in [5.74, 6) is 1.18. The molecule has 0 spiro atoms. The van der Waals surface area contributed by atoms with Crippen LogP contribution in [0.2, 0.25) is 5.02 Å². The number of halogens is 1. The van der Waals surface area contributed by atoms with Crippen LogP contribution in [0.15, 0.2) is 18.2 Å². The molecule has 3 heteroatoms. The van der Waals surface area contributed by atoms with Crippen LogP contribution in [-0.4, -0.2) is 19.7 Å². The largest absolute Gasteiger partial charge is 0.495 e. The van der Waals surface area contributed by atoms with Crippen LogP contribution in [0.1, 0.15) is 32.3 Å². The molecule has 0 aromatic heterocycles. The second-order valence-electron chi connectivity index (χ2n) is 4.03. The Balaban J connectivity index is 2.87. The molecule has 0 aliphatic rings. The number of likely N-dealkylation sites (N-methyl/N-ethyl adjacent to an activating group) is 1. The fourth-order valence-electron chi connectivity index (χ4n) is 1.75. The average Bonchev–Trinajstić information content (AvgIpc) is 2.29. The highest BCUT2D eigenvalue weighted by molar-refractivity contribution is 6.32. The Kier molecular flexibility index (Phi) is 5.10. The number of nitrogens with one attached hydrogen (secondary N) is 1. The first-order valence-electron chi connectivity index (χ1n) is 5.67. The van der Waals surface area contributed by atoms with E-state index in [4.69, 9.17) is 16.3 Å². The minimum Gasteiger partial charge on any atom is -0.495 e. The highest BCUT2D eigenvalue weighted by Crippen LogP contribution is 2.29. The van der Waals surface area contributed by atoms with Crippen LogP contribution >= 0.6 is 11.6 Å². The quantitative estimate of drug-likeness (QED) is 0.853. The summed E-state index contributed by atoms with van der Waals surface area (Å²) in [5, 5.41) is 4.08. The summed E-state index contributed by atoms with van der Waals surface area (Å²) < 4.78 is 5.22. The number of ether oxygens (including phenoxy) is 1. The van der Waals surface area contributed by atoms with Gasteiger partial charge >= 0.3 is 0 Å². The third-order valence-electron chi connectivity index (χ3n) is 2.98. The summed E-state index contributed by atoms with van der Waals surface area (Å²) in [6, 6.07) is 6.41. The molecular weight excluding hydrogens is 222 g/mol. The van der Waals surface area contributed by atoms with Crippen LogP contribution in [0.5, 0.6) is 5.75 Å². The van der Waals surface area contributed by atoms with Crippen molar-refractivity contribution in [2.75, 3.05) is 13.7 Å². The van der Waals surface area contributed by atoms with E-state index in [1.807, 2.05) is 12.1 Å². The van der Waals surface area contributed by atoms with Gasteiger partial charge in [0.25, 0.3) is 0 Å². The van der Waals surface area contributed by atoms with E-state index in [0.29, 0.717) is 17.0 Å². The number of hydrogen-bond acceptors (Lipinski definition) is 2. The van der Waals surface area contributed by atoms with Crippen LogP contribution in [0.25, 0.3) is 0 Å². The molecule has 0 amide bonds. The van der Waals surface area contributed by atoms with Gasteiger partial charge in [0.2, 0.25) is 0 Å². The number of benzene rings is 1. The predicted octanol–water partition coefficient (Wildman–Crippen LogP) is 3.45. The molecule has 0 aliphatic heterocycles. The lowest BCUT2D eigenvalue weighted by Gasteiger charge is -2.21. The van der Waals surface area contributed by atoms with Crippen molar-refractivity contribution in [3.05, 3.63) is 28.8 Å². The molecule has 2 unspecified atom stereocenters. The molecule has 1 aromatic rings. The highest BCUT2D eigenvalue weighted by Gasteiger charge is 2.14. The molecule has 16 heavy (non-hydrogen) atoms. The van der Waals surface area contributed by atoms with Crippen molar-refractivity contribution in [2.24, 2.45) is 0 Å². The molecule has 0 radical (unpaired) electrons. The molecule has 0 bridgehead atoms. The van der Waals surface area contributed by atoms with E-state index in [2.05, 4.69) is 32.2 Å². The highest BCUT2D eigenvalue weighted by atomic mass is 35.5. The van der Waals surface area contributed by atoms with Crippen molar-refractivity contribution in [3.8, 4) is 5.75 Å². The Labute approximate surface area is 103 Å². The SMILES string of the molecule is CCNC(C)C(C)c1ccc(Cl)c(OC)c1. The minimum atomic E-state index is 0.436. The van der Waals surface area contributed by atoms with Crippen LogP contribution in [0, 0.1) is 0 Å². The second kappa shape index (κ2) is 6.12. The summed E-state index contributed by atoms with van der Waals surface area (Å²) in [6.07, 6.45) is 0. The lowest BCUT2D eigenvalue weighted by Crippen LogP contribution is -2.30. The standard InChI is InChI=1S/C13H20ClNO/c1-5-15-10(3)9(2)11-6-7-12(14)13(8-11)16-4/h6-10,15H,5H2,1-4H3. The van der Waals surface area contributed by atoms with Gasteiger partial charge in [0, 0.05) is 6.04 Å². The third-order valence-corrected chi connectivity index (χ3v) is 3.29. The molecule has 1 aromatic carbocycles. The monoisotopic (exact) mass is 241 g/mol. The lowest BCUT2D eigenvalue weighted by atomic mass is 9.94. The van der Waals surface area contributed by atoms with E-state index >= 15 is 0 Å². The van der Waals surface area contributed by atoms with Gasteiger partial charge in [-0.05, 0) is 37.1 Å². The van der Waals surface area contributed by atoms with Crippen molar-refractivity contribution < 1.29 is 4.74 Å². The molecule has 2 atom stereocenters. The molecule has 0 heterocycles. The van der Waals surface area contributed by atoms with Gasteiger partial charge in [-0.15, -0.1) is 0 Å². The Morgan fingerprint density at radius 3 is 2.62 bits per heavy atom.